The minimum absolute atomic E-state index is 0. The minimum atomic E-state index is 0. The third-order valence-electron chi connectivity index (χ3n) is 9.23. The van der Waals surface area contributed by atoms with Crippen LogP contribution in [0.5, 0.6) is 0 Å². The summed E-state index contributed by atoms with van der Waals surface area (Å²) < 4.78 is 2.31. The molecule has 0 aliphatic heterocycles. The monoisotopic (exact) mass is 786 g/mol. The van der Waals surface area contributed by atoms with Crippen molar-refractivity contribution < 1.29 is 49.0 Å². The second-order valence-electron chi connectivity index (χ2n) is 15.6. The van der Waals surface area contributed by atoms with Gasteiger partial charge in [0, 0.05) is 0 Å². The quantitative estimate of drug-likeness (QED) is 0.165. The Kier molecular flexibility index (Phi) is 14.9. The van der Waals surface area contributed by atoms with E-state index in [0.717, 1.165) is 6.42 Å². The van der Waals surface area contributed by atoms with Crippen LogP contribution in [0.4, 0.5) is 0 Å². The molecule has 7 rings (SSSR count). The van der Waals surface area contributed by atoms with Crippen LogP contribution < -0.4 is 24.8 Å². The summed E-state index contributed by atoms with van der Waals surface area (Å²) in [5, 5.41) is 5.36. The maximum atomic E-state index is 2.99. The topological polar surface area (TPSA) is 0 Å². The van der Waals surface area contributed by atoms with Crippen molar-refractivity contribution in [1.82, 2.24) is 0 Å². The summed E-state index contributed by atoms with van der Waals surface area (Å²) in [5.74, 6) is 0. The van der Waals surface area contributed by atoms with Gasteiger partial charge in [0.05, 0.1) is 0 Å². The van der Waals surface area contributed by atoms with Crippen molar-refractivity contribution in [2.75, 3.05) is 0 Å². The van der Waals surface area contributed by atoms with Crippen molar-refractivity contribution >= 4 is 25.3 Å². The van der Waals surface area contributed by atoms with Gasteiger partial charge < -0.3 is 24.8 Å². The molecule has 0 N–H and O–H groups in total. The first-order valence-corrected chi connectivity index (χ1v) is 18.8. The number of allylic oxidation sites excluding steroid dienone is 4. The van der Waals surface area contributed by atoms with Crippen molar-refractivity contribution in [3.05, 3.63) is 162 Å². The summed E-state index contributed by atoms with van der Waals surface area (Å²) >= 11 is 1.49. The number of hydrogen-bond donors (Lipinski definition) is 0. The maximum absolute atomic E-state index is 2.99. The van der Waals surface area contributed by atoms with Crippen molar-refractivity contribution in [2.24, 2.45) is 0 Å². The van der Waals surface area contributed by atoms with Crippen LogP contribution in [0.25, 0.3) is 43.8 Å². The molecule has 0 aromatic heterocycles. The van der Waals surface area contributed by atoms with Gasteiger partial charge in [-0.05, 0) is 44.2 Å². The molecular formula is C48H50Cl2Zr-2. The van der Waals surface area contributed by atoms with Crippen molar-refractivity contribution in [1.29, 1.82) is 0 Å². The molecule has 0 amide bonds. The summed E-state index contributed by atoms with van der Waals surface area (Å²) in [5.41, 5.74) is 9.81. The van der Waals surface area contributed by atoms with E-state index in [4.69, 9.17) is 0 Å². The SMILES string of the molecule is CC(C)(C)c1cc2c(cc1-c1ccccc1)[cH-]c1cc(-c3ccccc3)c(C(C)(C)C)cc12.CC(C)([CH]=[Zr+2])c1ccccc1.[C-]1=CC=CC1.[Cl-].[Cl-]. The van der Waals surface area contributed by atoms with Crippen molar-refractivity contribution in [2.45, 2.75) is 78.1 Å². The third kappa shape index (κ3) is 10.4. The van der Waals surface area contributed by atoms with E-state index < -0.39 is 0 Å². The molecule has 0 saturated carbocycles. The molecule has 1 aliphatic rings. The molecule has 0 saturated heterocycles. The largest absolute Gasteiger partial charge is 1.00 e. The van der Waals surface area contributed by atoms with Crippen LogP contribution in [0.3, 0.4) is 0 Å². The van der Waals surface area contributed by atoms with E-state index in [0.29, 0.717) is 0 Å². The first-order valence-electron chi connectivity index (χ1n) is 17.4. The van der Waals surface area contributed by atoms with Crippen LogP contribution in [0.2, 0.25) is 0 Å². The Labute approximate surface area is 334 Å². The van der Waals surface area contributed by atoms with Gasteiger partial charge in [-0.3, -0.25) is 6.08 Å². The minimum Gasteiger partial charge on any atom is -1.00 e. The summed E-state index contributed by atoms with van der Waals surface area (Å²) in [6, 6.07) is 44.3. The number of halogens is 2. The van der Waals surface area contributed by atoms with Crippen LogP contribution in [0, 0.1) is 6.08 Å². The molecule has 0 unspecified atom stereocenters. The molecule has 6 aromatic rings. The van der Waals surface area contributed by atoms with Crippen LogP contribution in [-0.4, -0.2) is 3.71 Å². The van der Waals surface area contributed by atoms with Gasteiger partial charge in [-0.15, -0.1) is 46.2 Å². The third-order valence-corrected chi connectivity index (χ3v) is 11.0. The van der Waals surface area contributed by atoms with E-state index in [9.17, 15) is 0 Å². The molecule has 0 bridgehead atoms. The van der Waals surface area contributed by atoms with E-state index in [1.165, 1.54) is 84.7 Å². The van der Waals surface area contributed by atoms with Crippen LogP contribution in [0.15, 0.2) is 140 Å². The molecule has 262 valence electrons. The van der Waals surface area contributed by atoms with E-state index in [2.05, 4.69) is 193 Å². The fourth-order valence-corrected chi connectivity index (χ4v) is 6.76. The Balaban J connectivity index is 0.000000323. The van der Waals surface area contributed by atoms with Gasteiger partial charge in [0.2, 0.25) is 0 Å². The van der Waals surface area contributed by atoms with Crippen LogP contribution in [0.1, 0.15) is 78.5 Å². The molecule has 6 aromatic carbocycles. The summed E-state index contributed by atoms with van der Waals surface area (Å²) in [4.78, 5) is 0. The van der Waals surface area contributed by atoms with Crippen LogP contribution >= 0.6 is 0 Å². The molecule has 1 aliphatic carbocycles. The predicted octanol–water partition coefficient (Wildman–Crippen LogP) is 7.27. The van der Waals surface area contributed by atoms with Gasteiger partial charge in [0.25, 0.3) is 0 Å². The van der Waals surface area contributed by atoms with Gasteiger partial charge in [0.15, 0.2) is 0 Å². The molecule has 3 heteroatoms. The van der Waals surface area contributed by atoms with E-state index >= 15 is 0 Å². The number of benzene rings is 5. The zero-order valence-electron chi connectivity index (χ0n) is 31.3. The Bertz CT molecular complexity index is 1950. The maximum Gasteiger partial charge on any atom is -0.109 e. The second-order valence-corrected chi connectivity index (χ2v) is 16.3. The van der Waals surface area contributed by atoms with Gasteiger partial charge in [-0.2, -0.15) is 6.08 Å². The van der Waals surface area contributed by atoms with Crippen molar-refractivity contribution in [3.63, 3.8) is 0 Å². The zero-order chi connectivity index (χ0) is 35.2. The average molecular weight is 789 g/mol. The Morgan fingerprint density at radius 2 is 1.00 bits per heavy atom. The molecule has 0 spiro atoms. The molecule has 0 heterocycles. The summed E-state index contributed by atoms with van der Waals surface area (Å²) in [6.45, 7) is 18.4. The van der Waals surface area contributed by atoms with Crippen molar-refractivity contribution in [3.8, 4) is 22.3 Å². The molecule has 0 atom stereocenters. The van der Waals surface area contributed by atoms with Gasteiger partial charge in [-0.25, -0.2) is 12.2 Å². The normalized spacial score (nSPS) is 12.3. The number of hydrogen-bond acceptors (Lipinski definition) is 0. The zero-order valence-corrected chi connectivity index (χ0v) is 35.3. The molecule has 0 radical (unpaired) electrons. The first-order chi connectivity index (χ1) is 23.3. The molecular weight excluding hydrogens is 739 g/mol. The fourth-order valence-electron chi connectivity index (χ4n) is 6.35. The van der Waals surface area contributed by atoms with Gasteiger partial charge in [-0.1, -0.05) is 114 Å². The van der Waals surface area contributed by atoms with E-state index in [1.54, 1.807) is 0 Å². The Hall–Kier alpha value is -3.22. The average Bonchev–Trinajstić information content (AvgIpc) is 3.80. The number of fused-ring (bicyclic) bond motifs is 3. The summed E-state index contributed by atoms with van der Waals surface area (Å²) in [6.07, 6.45) is 10.0. The Morgan fingerprint density at radius 1 is 0.588 bits per heavy atom. The number of rotatable bonds is 4. The first kappa shape index (κ1) is 42.2. The fraction of sp³-hybridized carbons (Fsp3) is 0.250. The molecule has 0 nitrogen and oxygen atoms in total. The van der Waals surface area contributed by atoms with Gasteiger partial charge in [0.1, 0.15) is 0 Å². The van der Waals surface area contributed by atoms with E-state index in [1.807, 2.05) is 12.2 Å². The smallest absolute Gasteiger partial charge is 0.109 e. The second kappa shape index (κ2) is 18.0. The molecule has 51 heavy (non-hydrogen) atoms. The standard InChI is InChI=1S/C33H33.C10H12.C5H5.2ClH.Zr/c1-32(2,3)30-20-26-24(18-28(30)22-13-9-7-10-14-22)17-25-19-29(23-15-11-8-12-16-23)31(21-27(25)26)33(4,5)6;1-10(2,3)9-7-5-4-6-8-9;1-2-4-5-3-1;;;/h7-21H,1-6H3;1,4-8H,2-3H3;1-3H,4H2;2*1H;/q-1;;-1;;;+2/p-2. The summed E-state index contributed by atoms with van der Waals surface area (Å²) in [7, 11) is 0. The Morgan fingerprint density at radius 3 is 1.31 bits per heavy atom. The molecule has 0 fully saturated rings. The van der Waals surface area contributed by atoms with Crippen LogP contribution in [-0.2, 0) is 40.5 Å². The predicted molar refractivity (Wildman–Crippen MR) is 212 cm³/mol. The van der Waals surface area contributed by atoms with Gasteiger partial charge >= 0.3 is 83.1 Å². The van der Waals surface area contributed by atoms with E-state index in [-0.39, 0.29) is 41.1 Å².